The van der Waals surface area contributed by atoms with E-state index in [2.05, 4.69) is 34.9 Å². The van der Waals surface area contributed by atoms with Gasteiger partial charge in [-0.2, -0.15) is 0 Å². The second kappa shape index (κ2) is 11.7. The van der Waals surface area contributed by atoms with Gasteiger partial charge in [0, 0.05) is 18.4 Å². The molecule has 0 saturated heterocycles. The summed E-state index contributed by atoms with van der Waals surface area (Å²) >= 11 is 0. The number of carbonyl (C=O) groups excluding carboxylic acids is 2. The summed E-state index contributed by atoms with van der Waals surface area (Å²) in [6.07, 6.45) is 0.958. The molecule has 0 bridgehead atoms. The van der Waals surface area contributed by atoms with Gasteiger partial charge in [-0.1, -0.05) is 69.3 Å². The Hall–Kier alpha value is -3.35. The normalized spacial score (nSPS) is 14.1. The van der Waals surface area contributed by atoms with E-state index in [9.17, 15) is 19.5 Å². The van der Waals surface area contributed by atoms with Gasteiger partial charge in [0.15, 0.2) is 0 Å². The number of aliphatic carboxylic acids is 1. The van der Waals surface area contributed by atoms with Gasteiger partial charge in [-0.15, -0.1) is 0 Å². The number of nitrogens with one attached hydrogen (secondary N) is 2. The third-order valence-corrected chi connectivity index (χ3v) is 6.29. The van der Waals surface area contributed by atoms with Crippen molar-refractivity contribution in [2.75, 3.05) is 13.2 Å². The molecule has 182 valence electrons. The highest BCUT2D eigenvalue weighted by molar-refractivity contribution is 5.84. The van der Waals surface area contributed by atoms with Crippen LogP contribution in [-0.2, 0) is 14.3 Å². The molecule has 0 saturated carbocycles. The van der Waals surface area contributed by atoms with E-state index in [0.717, 1.165) is 17.5 Å². The summed E-state index contributed by atoms with van der Waals surface area (Å²) in [7, 11) is 0. The van der Waals surface area contributed by atoms with Crippen LogP contribution in [-0.4, -0.2) is 42.3 Å². The van der Waals surface area contributed by atoms with Gasteiger partial charge in [-0.25, -0.2) is 9.59 Å². The number of amides is 2. The molecular weight excluding hydrogens is 432 g/mol. The first-order valence-corrected chi connectivity index (χ1v) is 11.9. The fourth-order valence-electron chi connectivity index (χ4n) is 4.24. The van der Waals surface area contributed by atoms with Crippen molar-refractivity contribution < 1.29 is 24.2 Å². The first-order valence-electron chi connectivity index (χ1n) is 11.9. The number of benzene rings is 2. The number of fused-ring (bicyclic) bond motifs is 3. The lowest BCUT2D eigenvalue weighted by Gasteiger charge is -2.19. The summed E-state index contributed by atoms with van der Waals surface area (Å²) in [5.41, 5.74) is 4.62. The van der Waals surface area contributed by atoms with Crippen molar-refractivity contribution in [3.05, 3.63) is 59.7 Å². The standard InChI is InChI=1S/C27H34N2O5/c1-17(2)12-13-24(26(31)32)29-25(30)18(3)14-15-28-27(33)34-16-23-21-10-6-4-8-19(21)20-9-5-7-11-22(20)23/h4-11,17-18,23-24H,12-16H2,1-3H3,(H,28,33)(H,29,30)(H,31,32). The summed E-state index contributed by atoms with van der Waals surface area (Å²) in [5, 5.41) is 14.7. The van der Waals surface area contributed by atoms with Crippen LogP contribution in [0.15, 0.2) is 48.5 Å². The topological polar surface area (TPSA) is 105 Å². The smallest absolute Gasteiger partial charge is 0.407 e. The minimum atomic E-state index is -1.03. The molecule has 1 aliphatic carbocycles. The summed E-state index contributed by atoms with van der Waals surface area (Å²) < 4.78 is 5.50. The van der Waals surface area contributed by atoms with Gasteiger partial charge >= 0.3 is 12.1 Å². The van der Waals surface area contributed by atoms with Crippen molar-refractivity contribution >= 4 is 18.0 Å². The van der Waals surface area contributed by atoms with Crippen LogP contribution in [0.3, 0.4) is 0 Å². The summed E-state index contributed by atoms with van der Waals surface area (Å²) in [4.78, 5) is 36.1. The van der Waals surface area contributed by atoms with Crippen molar-refractivity contribution in [1.82, 2.24) is 10.6 Å². The molecule has 2 unspecified atom stereocenters. The molecule has 0 radical (unpaired) electrons. The predicted octanol–water partition coefficient (Wildman–Crippen LogP) is 4.56. The van der Waals surface area contributed by atoms with E-state index < -0.39 is 24.0 Å². The maximum Gasteiger partial charge on any atom is 0.407 e. The molecule has 7 heteroatoms. The van der Waals surface area contributed by atoms with Crippen LogP contribution >= 0.6 is 0 Å². The van der Waals surface area contributed by atoms with E-state index in [1.165, 1.54) is 11.1 Å². The third kappa shape index (κ3) is 6.37. The zero-order valence-electron chi connectivity index (χ0n) is 20.0. The van der Waals surface area contributed by atoms with Gasteiger partial charge in [0.25, 0.3) is 0 Å². The molecule has 0 fully saturated rings. The zero-order chi connectivity index (χ0) is 24.7. The number of carboxylic acids is 1. The average molecular weight is 467 g/mol. The zero-order valence-corrected chi connectivity index (χ0v) is 20.0. The molecule has 0 heterocycles. The molecule has 3 rings (SSSR count). The van der Waals surface area contributed by atoms with E-state index in [0.29, 0.717) is 18.8 Å². The second-order valence-corrected chi connectivity index (χ2v) is 9.31. The summed E-state index contributed by atoms with van der Waals surface area (Å²) in [6.45, 7) is 6.23. The fraction of sp³-hybridized carbons (Fsp3) is 0.444. The van der Waals surface area contributed by atoms with Crippen LogP contribution in [0.5, 0.6) is 0 Å². The highest BCUT2D eigenvalue weighted by Crippen LogP contribution is 2.44. The number of carboxylic acid groups (broad SMARTS) is 1. The minimum absolute atomic E-state index is 0.0124. The molecule has 2 atom stereocenters. The molecule has 0 aromatic heterocycles. The number of hydrogen-bond donors (Lipinski definition) is 3. The Morgan fingerprint density at radius 3 is 2.06 bits per heavy atom. The van der Waals surface area contributed by atoms with Crippen LogP contribution in [0.4, 0.5) is 4.79 Å². The minimum Gasteiger partial charge on any atom is -0.480 e. The molecule has 2 aromatic rings. The Labute approximate surface area is 200 Å². The Kier molecular flexibility index (Phi) is 8.68. The molecule has 34 heavy (non-hydrogen) atoms. The average Bonchev–Trinajstić information content (AvgIpc) is 3.13. The second-order valence-electron chi connectivity index (χ2n) is 9.31. The fourth-order valence-corrected chi connectivity index (χ4v) is 4.24. The van der Waals surface area contributed by atoms with Gasteiger partial charge in [0.2, 0.25) is 5.91 Å². The van der Waals surface area contributed by atoms with Crippen LogP contribution < -0.4 is 10.6 Å². The summed E-state index contributed by atoms with van der Waals surface area (Å²) in [6, 6.07) is 15.4. The number of alkyl carbamates (subject to hydrolysis) is 1. The third-order valence-electron chi connectivity index (χ3n) is 6.29. The highest BCUT2D eigenvalue weighted by Gasteiger charge is 2.29. The molecule has 2 aromatic carbocycles. The van der Waals surface area contributed by atoms with Crippen molar-refractivity contribution in [2.24, 2.45) is 11.8 Å². The van der Waals surface area contributed by atoms with Gasteiger partial charge < -0.3 is 20.5 Å². The number of carbonyl (C=O) groups is 3. The molecule has 2 amide bonds. The molecule has 3 N–H and O–H groups in total. The maximum atomic E-state index is 12.4. The number of ether oxygens (including phenoxy) is 1. The van der Waals surface area contributed by atoms with E-state index in [1.54, 1.807) is 6.92 Å². The molecule has 0 spiro atoms. The van der Waals surface area contributed by atoms with Crippen molar-refractivity contribution in [3.63, 3.8) is 0 Å². The maximum absolute atomic E-state index is 12.4. The first kappa shape index (κ1) is 25.3. The van der Waals surface area contributed by atoms with Crippen LogP contribution in [0.25, 0.3) is 11.1 Å². The van der Waals surface area contributed by atoms with E-state index >= 15 is 0 Å². The lowest BCUT2D eigenvalue weighted by atomic mass is 9.98. The Balaban J connectivity index is 1.44. The Bertz CT molecular complexity index is 974. The highest BCUT2D eigenvalue weighted by atomic mass is 16.5. The number of rotatable bonds is 11. The number of hydrogen-bond acceptors (Lipinski definition) is 4. The van der Waals surface area contributed by atoms with Gasteiger partial charge in [0.1, 0.15) is 12.6 Å². The van der Waals surface area contributed by atoms with Gasteiger partial charge in [0.05, 0.1) is 0 Å². The van der Waals surface area contributed by atoms with Crippen LogP contribution in [0.1, 0.15) is 57.1 Å². The van der Waals surface area contributed by atoms with Crippen LogP contribution in [0.2, 0.25) is 0 Å². The van der Waals surface area contributed by atoms with E-state index in [-0.39, 0.29) is 25.0 Å². The largest absolute Gasteiger partial charge is 0.480 e. The monoisotopic (exact) mass is 466 g/mol. The molecule has 0 aliphatic heterocycles. The van der Waals surface area contributed by atoms with Crippen LogP contribution in [0, 0.1) is 11.8 Å². The van der Waals surface area contributed by atoms with E-state index in [1.807, 2.05) is 38.1 Å². The predicted molar refractivity (Wildman–Crippen MR) is 130 cm³/mol. The SMILES string of the molecule is CC(C)CCC(NC(=O)C(C)CCNC(=O)OCC1c2ccccc2-c2ccccc21)C(=O)O. The molecule has 7 nitrogen and oxygen atoms in total. The van der Waals surface area contributed by atoms with Crippen molar-refractivity contribution in [1.29, 1.82) is 0 Å². The Morgan fingerprint density at radius 1 is 0.912 bits per heavy atom. The van der Waals surface area contributed by atoms with Gasteiger partial charge in [-0.3, -0.25) is 4.79 Å². The molecule has 1 aliphatic rings. The lowest BCUT2D eigenvalue weighted by molar-refractivity contribution is -0.142. The van der Waals surface area contributed by atoms with E-state index in [4.69, 9.17) is 4.74 Å². The quantitative estimate of drug-likeness (QED) is 0.450. The van der Waals surface area contributed by atoms with Crippen molar-refractivity contribution in [2.45, 2.75) is 52.0 Å². The van der Waals surface area contributed by atoms with Crippen molar-refractivity contribution in [3.8, 4) is 11.1 Å². The molecular formula is C27H34N2O5. The lowest BCUT2D eigenvalue weighted by Crippen LogP contribution is -2.43. The first-order chi connectivity index (χ1) is 16.3. The Morgan fingerprint density at radius 2 is 1.50 bits per heavy atom. The summed E-state index contributed by atoms with van der Waals surface area (Å²) in [5.74, 6) is -1.45. The van der Waals surface area contributed by atoms with Gasteiger partial charge in [-0.05, 0) is 47.4 Å².